The number of hydrogen-bond acceptors (Lipinski definition) is 11. The molecule has 10 heterocycles. The highest BCUT2D eigenvalue weighted by molar-refractivity contribution is 6.30. The lowest BCUT2D eigenvalue weighted by atomic mass is 10.0. The van der Waals surface area contributed by atoms with E-state index in [-0.39, 0.29) is 5.82 Å². The van der Waals surface area contributed by atoms with E-state index in [0.29, 0.717) is 81.2 Å². The lowest BCUT2D eigenvalue weighted by Gasteiger charge is -2.04. The fourth-order valence-electron chi connectivity index (χ4n) is 9.07. The molecule has 10 aromatic heterocycles. The molecule has 0 N–H and O–H groups in total. The first-order chi connectivity index (χ1) is 51.8. The van der Waals surface area contributed by atoms with Crippen molar-refractivity contribution < 1.29 is 9.13 Å². The molecule has 0 aliphatic heterocycles. The number of halogens is 3. The molecule has 0 unspecified atom stereocenters. The third kappa shape index (κ3) is 45.2. The van der Waals surface area contributed by atoms with E-state index in [1.165, 1.54) is 73.7 Å². The Morgan fingerprint density at radius 2 is 0.645 bits per heavy atom. The summed E-state index contributed by atoms with van der Waals surface area (Å²) in [6.45, 7) is 59.5. The number of pyridine rings is 10. The maximum absolute atomic E-state index is 12.3. The van der Waals surface area contributed by atoms with Gasteiger partial charge in [0.25, 0.3) is 0 Å². The maximum Gasteiger partial charge on any atom is 0.212 e. The molecule has 0 aliphatic rings. The van der Waals surface area contributed by atoms with E-state index in [2.05, 4.69) is 293 Å². The Bertz CT molecular complexity index is 3610. The van der Waals surface area contributed by atoms with Gasteiger partial charge in [-0.1, -0.05) is 236 Å². The molecule has 14 heteroatoms. The van der Waals surface area contributed by atoms with E-state index >= 15 is 0 Å². The van der Waals surface area contributed by atoms with Gasteiger partial charge in [0.15, 0.2) is 0 Å². The van der Waals surface area contributed by atoms with Crippen molar-refractivity contribution in [1.29, 1.82) is 0 Å². The summed E-state index contributed by atoms with van der Waals surface area (Å²) < 4.78 is 17.2. The number of rotatable bonds is 12. The van der Waals surface area contributed by atoms with Crippen molar-refractivity contribution in [2.75, 3.05) is 7.11 Å². The second-order valence-corrected chi connectivity index (χ2v) is 31.2. The summed E-state index contributed by atoms with van der Waals surface area (Å²) in [5.41, 5.74) is 20.5. The van der Waals surface area contributed by atoms with Gasteiger partial charge in [-0.3, -0.25) is 39.9 Å². The van der Waals surface area contributed by atoms with Crippen molar-refractivity contribution in [3.63, 3.8) is 0 Å². The number of nitrogens with zero attached hydrogens (tertiary/aromatic N) is 10. The summed E-state index contributed by atoms with van der Waals surface area (Å²) in [4.78, 5) is 41.3. The van der Waals surface area contributed by atoms with E-state index in [1.807, 2.05) is 140 Å². The smallest absolute Gasteiger partial charge is 0.212 e. The highest BCUT2D eigenvalue weighted by Gasteiger charge is 2.05. The van der Waals surface area contributed by atoms with E-state index in [9.17, 15) is 4.39 Å². The molecule has 11 rings (SSSR count). The Morgan fingerprint density at radius 1 is 0.264 bits per heavy atom. The minimum Gasteiger partial charge on any atom is -0.481 e. The van der Waals surface area contributed by atoms with Crippen molar-refractivity contribution in [2.45, 2.75) is 259 Å². The van der Waals surface area contributed by atoms with Crippen molar-refractivity contribution >= 4 is 23.2 Å². The molecule has 0 spiro atoms. The van der Waals surface area contributed by atoms with Crippen LogP contribution in [0.1, 0.15) is 313 Å². The SMILES string of the molecule is CC(C)c1ccc(Cl)cn1.CC(C)c1ccc(Cl)nc1.CC(C)c1ccc(F)cn1.CC(C)c1ccccc1.COc1ccc(C(C)C)cn1.Cc1cc(C(C)C)ccn1.Cc1cc(C(C)C)ccn1.Cc1ccc(C(C)C)cn1.Cc1ccc(C(C)C)cn1.Cc1ccc(C(C)C)nc1.Cc1ccnc(C(C)C)c1. The van der Waals surface area contributed by atoms with Crippen LogP contribution in [0.4, 0.5) is 4.39 Å². The molecule has 1 aromatic carbocycles. The van der Waals surface area contributed by atoms with E-state index in [1.54, 1.807) is 19.4 Å². The highest BCUT2D eigenvalue weighted by Crippen LogP contribution is 2.21. The standard InChI is InChI=1S/C9H13NO.6C9H13N.C9H12.2C8H10ClN.C8H10FN/c1-7(2)8-4-5-9(11-3)10-6-8;2*1-7(2)9-4-5-10-8(3)6-9;2*1-7(2)9-5-4-8(3)10-6-9;1-7(2)9-6-8(3)4-5-10-9;1-7(2)9-5-4-8(3)6-10-9;1-8(2)9-6-4-3-5-7-9;1-6(2)8-4-3-7(9)5-10-8;1-6(2)7-3-4-8(9)10-5-7;1-6(2)8-4-3-7(9)5-10-8/h4-7H,1-3H3;6*4-7H,1-3H3;3-8H,1-2H3;3*3-6H,1-2H3. The molecular formula is C96H133Cl2FN10O. The Labute approximate surface area is 675 Å². The van der Waals surface area contributed by atoms with Crippen LogP contribution in [0, 0.1) is 47.4 Å². The molecule has 0 bridgehead atoms. The summed E-state index contributed by atoms with van der Waals surface area (Å²) in [6.07, 6.45) is 18.0. The van der Waals surface area contributed by atoms with Crippen LogP contribution in [0.5, 0.6) is 5.88 Å². The monoisotopic (exact) mass is 1530 g/mol. The van der Waals surface area contributed by atoms with Gasteiger partial charge in [-0.15, -0.1) is 0 Å². The minimum absolute atomic E-state index is 0.274. The summed E-state index contributed by atoms with van der Waals surface area (Å²) in [5, 5.41) is 1.26. The lowest BCUT2D eigenvalue weighted by molar-refractivity contribution is 0.397. The Hall–Kier alpha value is -8.97. The topological polar surface area (TPSA) is 138 Å². The van der Waals surface area contributed by atoms with E-state index in [0.717, 1.165) is 34.2 Å². The fraction of sp³-hybridized carbons (Fsp3) is 0.417. The van der Waals surface area contributed by atoms with Gasteiger partial charge in [0.2, 0.25) is 5.88 Å². The van der Waals surface area contributed by atoms with Gasteiger partial charge in [-0.25, -0.2) is 14.4 Å². The van der Waals surface area contributed by atoms with Gasteiger partial charge < -0.3 is 4.74 Å². The third-order valence-electron chi connectivity index (χ3n) is 16.6. The molecule has 0 aliphatic carbocycles. The van der Waals surface area contributed by atoms with Crippen molar-refractivity contribution in [3.05, 3.63) is 325 Å². The number of hydrogen-bond donors (Lipinski definition) is 0. The van der Waals surface area contributed by atoms with Gasteiger partial charge in [0, 0.05) is 107 Å². The molecule has 0 saturated carbocycles. The Balaban J connectivity index is 0.000000605. The van der Waals surface area contributed by atoms with E-state index < -0.39 is 0 Å². The fourth-order valence-corrected chi connectivity index (χ4v) is 9.29. The van der Waals surface area contributed by atoms with Crippen LogP contribution in [-0.4, -0.2) is 56.9 Å². The molecule has 0 saturated heterocycles. The van der Waals surface area contributed by atoms with Crippen LogP contribution in [0.15, 0.2) is 214 Å². The Morgan fingerprint density at radius 3 is 0.927 bits per heavy atom. The average Bonchev–Trinajstić information content (AvgIpc) is 0.949. The molecule has 110 heavy (non-hydrogen) atoms. The summed E-state index contributed by atoms with van der Waals surface area (Å²) >= 11 is 11.3. The van der Waals surface area contributed by atoms with Crippen LogP contribution >= 0.6 is 23.2 Å². The van der Waals surface area contributed by atoms with Crippen LogP contribution in [0.25, 0.3) is 0 Å². The van der Waals surface area contributed by atoms with Crippen LogP contribution < -0.4 is 4.74 Å². The first-order valence-corrected chi connectivity index (χ1v) is 39.5. The molecule has 0 radical (unpaired) electrons. The molecule has 0 fully saturated rings. The van der Waals surface area contributed by atoms with Crippen LogP contribution in [0.3, 0.4) is 0 Å². The zero-order valence-electron chi connectivity index (χ0n) is 72.1. The first kappa shape index (κ1) is 99.0. The largest absolute Gasteiger partial charge is 0.481 e. The van der Waals surface area contributed by atoms with Gasteiger partial charge in [-0.2, -0.15) is 0 Å². The summed E-state index contributed by atoms with van der Waals surface area (Å²) in [6, 6.07) is 50.3. The predicted molar refractivity (Wildman–Crippen MR) is 469 cm³/mol. The highest BCUT2D eigenvalue weighted by atomic mass is 35.5. The zero-order valence-corrected chi connectivity index (χ0v) is 73.6. The molecule has 0 atom stereocenters. The molecule has 11 aromatic rings. The zero-order chi connectivity index (χ0) is 83.0. The summed E-state index contributed by atoms with van der Waals surface area (Å²) in [7, 11) is 1.62. The lowest BCUT2D eigenvalue weighted by Crippen LogP contribution is -1.91. The molecular weight excluding hydrogens is 1400 g/mol. The number of benzene rings is 1. The van der Waals surface area contributed by atoms with Crippen molar-refractivity contribution in [1.82, 2.24) is 49.8 Å². The first-order valence-electron chi connectivity index (χ1n) is 38.8. The molecule has 594 valence electrons. The third-order valence-corrected chi connectivity index (χ3v) is 17.1. The van der Waals surface area contributed by atoms with Crippen LogP contribution in [-0.2, 0) is 0 Å². The van der Waals surface area contributed by atoms with Gasteiger partial charge in [0.1, 0.15) is 11.0 Å². The van der Waals surface area contributed by atoms with Crippen molar-refractivity contribution in [3.8, 4) is 5.88 Å². The molecule has 0 amide bonds. The van der Waals surface area contributed by atoms with Crippen LogP contribution in [0.2, 0.25) is 10.2 Å². The quantitative estimate of drug-likeness (QED) is 0.108. The van der Waals surface area contributed by atoms with Gasteiger partial charge in [0.05, 0.1) is 18.3 Å². The average molecular weight is 1530 g/mol. The second-order valence-electron chi connectivity index (χ2n) is 30.4. The van der Waals surface area contributed by atoms with E-state index in [4.69, 9.17) is 27.9 Å². The predicted octanol–water partition coefficient (Wildman–Crippen LogP) is 28.2. The number of methoxy groups -OCH3 is 1. The van der Waals surface area contributed by atoms with Crippen molar-refractivity contribution in [2.24, 2.45) is 0 Å². The number of ether oxygens (including phenoxy) is 1. The number of aromatic nitrogens is 10. The summed E-state index contributed by atoms with van der Waals surface area (Å²) in [5.74, 6) is 6.48. The normalized spacial score (nSPS) is 10.4. The molecule has 11 nitrogen and oxygen atoms in total. The minimum atomic E-state index is -0.274. The number of aryl methyl sites for hydroxylation is 6. The maximum atomic E-state index is 12.3. The van der Waals surface area contributed by atoms with Gasteiger partial charge in [-0.05, 0) is 242 Å². The second kappa shape index (κ2) is 55.4. The van der Waals surface area contributed by atoms with Gasteiger partial charge >= 0.3 is 0 Å². The Kier molecular flexibility index (Phi) is 49.9.